The van der Waals surface area contributed by atoms with Gasteiger partial charge in [0.25, 0.3) is 0 Å². The summed E-state index contributed by atoms with van der Waals surface area (Å²) in [5, 5.41) is 5.75. The molecule has 1 N–H and O–H groups in total. The Morgan fingerprint density at radius 1 is 1.50 bits per heavy atom. The molecule has 0 amide bonds. The summed E-state index contributed by atoms with van der Waals surface area (Å²) >= 11 is 1.84. The van der Waals surface area contributed by atoms with Crippen molar-refractivity contribution in [2.24, 2.45) is 0 Å². The molecule has 1 aliphatic rings. The molecule has 2 heterocycles. The predicted molar refractivity (Wildman–Crippen MR) is 80.1 cm³/mol. The van der Waals surface area contributed by atoms with Gasteiger partial charge in [0.15, 0.2) is 0 Å². The Kier molecular flexibility index (Phi) is 5.22. The summed E-state index contributed by atoms with van der Waals surface area (Å²) < 4.78 is 0. The van der Waals surface area contributed by atoms with Crippen molar-refractivity contribution in [1.82, 2.24) is 10.2 Å². The van der Waals surface area contributed by atoms with Gasteiger partial charge in [-0.3, -0.25) is 4.90 Å². The van der Waals surface area contributed by atoms with Crippen LogP contribution in [0.5, 0.6) is 0 Å². The van der Waals surface area contributed by atoms with E-state index in [-0.39, 0.29) is 0 Å². The van der Waals surface area contributed by atoms with Crippen molar-refractivity contribution in [2.45, 2.75) is 64.7 Å². The van der Waals surface area contributed by atoms with Crippen LogP contribution in [0.2, 0.25) is 0 Å². The highest BCUT2D eigenvalue weighted by atomic mass is 32.1. The third-order valence-corrected chi connectivity index (χ3v) is 5.02. The molecule has 3 atom stereocenters. The van der Waals surface area contributed by atoms with Gasteiger partial charge in [0.05, 0.1) is 0 Å². The average molecular weight is 266 g/mol. The van der Waals surface area contributed by atoms with Crippen molar-refractivity contribution < 1.29 is 0 Å². The van der Waals surface area contributed by atoms with Crippen molar-refractivity contribution in [2.75, 3.05) is 6.54 Å². The van der Waals surface area contributed by atoms with Crippen molar-refractivity contribution in [1.29, 1.82) is 0 Å². The number of nitrogens with zero attached hydrogens (tertiary/aromatic N) is 1. The van der Waals surface area contributed by atoms with Gasteiger partial charge in [-0.15, -0.1) is 11.3 Å². The van der Waals surface area contributed by atoms with E-state index < -0.39 is 0 Å². The molecule has 2 nitrogen and oxygen atoms in total. The largest absolute Gasteiger partial charge is 0.310 e. The van der Waals surface area contributed by atoms with E-state index in [1.165, 1.54) is 24.1 Å². The van der Waals surface area contributed by atoms with Crippen LogP contribution in [0, 0.1) is 0 Å². The molecule has 1 saturated heterocycles. The number of hydrogen-bond donors (Lipinski definition) is 1. The van der Waals surface area contributed by atoms with E-state index in [4.69, 9.17) is 0 Å². The maximum absolute atomic E-state index is 3.60. The lowest BCUT2D eigenvalue weighted by Gasteiger charge is -2.34. The lowest BCUT2D eigenvalue weighted by molar-refractivity contribution is 0.141. The summed E-state index contributed by atoms with van der Waals surface area (Å²) in [6.07, 6.45) is 4.04. The molecule has 0 saturated carbocycles. The number of nitrogens with one attached hydrogen (secondary N) is 1. The second-order valence-corrected chi connectivity index (χ2v) is 6.53. The van der Waals surface area contributed by atoms with Gasteiger partial charge in [0.2, 0.25) is 0 Å². The molecule has 1 aromatic rings. The van der Waals surface area contributed by atoms with Crippen LogP contribution in [0.15, 0.2) is 17.5 Å². The fourth-order valence-electron chi connectivity index (χ4n) is 3.22. The monoisotopic (exact) mass is 266 g/mol. The number of rotatable bonds is 6. The first-order valence-electron chi connectivity index (χ1n) is 7.23. The molecule has 0 aromatic carbocycles. The third-order valence-electron chi connectivity index (χ3n) is 4.15. The Morgan fingerprint density at radius 3 is 3.00 bits per heavy atom. The average Bonchev–Trinajstić information content (AvgIpc) is 2.98. The van der Waals surface area contributed by atoms with Crippen LogP contribution < -0.4 is 5.32 Å². The minimum atomic E-state index is 0.646. The van der Waals surface area contributed by atoms with Crippen molar-refractivity contribution >= 4 is 11.3 Å². The topological polar surface area (TPSA) is 15.3 Å². The zero-order chi connectivity index (χ0) is 13.0. The van der Waals surface area contributed by atoms with Crippen LogP contribution >= 0.6 is 11.3 Å². The van der Waals surface area contributed by atoms with Gasteiger partial charge in [-0.25, -0.2) is 0 Å². The van der Waals surface area contributed by atoms with Crippen LogP contribution in [0.4, 0.5) is 0 Å². The molecule has 2 rings (SSSR count). The summed E-state index contributed by atoms with van der Waals surface area (Å²) in [4.78, 5) is 4.16. The highest BCUT2D eigenvalue weighted by molar-refractivity contribution is 7.09. The van der Waals surface area contributed by atoms with Crippen molar-refractivity contribution in [3.05, 3.63) is 22.4 Å². The molecule has 0 bridgehead atoms. The quantitative estimate of drug-likeness (QED) is 0.848. The summed E-state index contributed by atoms with van der Waals surface area (Å²) in [6, 6.07) is 6.54. The van der Waals surface area contributed by atoms with Crippen LogP contribution in [-0.4, -0.2) is 29.6 Å². The minimum absolute atomic E-state index is 0.646. The maximum Gasteiger partial charge on any atom is 0.0300 e. The first-order valence-corrected chi connectivity index (χ1v) is 8.10. The smallest absolute Gasteiger partial charge is 0.0300 e. The number of thiophene rings is 1. The zero-order valence-electron chi connectivity index (χ0n) is 11.9. The molecule has 3 unspecified atom stereocenters. The molecule has 102 valence electrons. The van der Waals surface area contributed by atoms with Gasteiger partial charge in [-0.2, -0.15) is 0 Å². The van der Waals surface area contributed by atoms with E-state index >= 15 is 0 Å². The van der Waals surface area contributed by atoms with Gasteiger partial charge >= 0.3 is 0 Å². The third kappa shape index (κ3) is 3.34. The molecular formula is C15H26N2S. The molecule has 1 aliphatic heterocycles. The van der Waals surface area contributed by atoms with Gasteiger partial charge in [-0.1, -0.05) is 13.0 Å². The first-order chi connectivity index (χ1) is 8.72. The molecule has 1 fully saturated rings. The van der Waals surface area contributed by atoms with Crippen molar-refractivity contribution in [3.63, 3.8) is 0 Å². The fraction of sp³-hybridized carbons (Fsp3) is 0.733. The Labute approximate surface area is 115 Å². The van der Waals surface area contributed by atoms with E-state index in [0.717, 1.165) is 25.2 Å². The normalized spacial score (nSPS) is 26.6. The van der Waals surface area contributed by atoms with E-state index in [1.807, 2.05) is 11.3 Å². The molecule has 0 spiro atoms. The van der Waals surface area contributed by atoms with E-state index in [0.29, 0.717) is 6.04 Å². The Morgan fingerprint density at radius 2 is 2.33 bits per heavy atom. The predicted octanol–water partition coefficient (Wildman–Crippen LogP) is 3.49. The van der Waals surface area contributed by atoms with Crippen LogP contribution in [-0.2, 0) is 6.54 Å². The number of likely N-dealkylation sites (tertiary alicyclic amines) is 1. The molecule has 0 aliphatic carbocycles. The highest BCUT2D eigenvalue weighted by Crippen LogP contribution is 2.27. The second-order valence-electron chi connectivity index (χ2n) is 5.49. The maximum atomic E-state index is 3.60. The molecule has 18 heavy (non-hydrogen) atoms. The van der Waals surface area contributed by atoms with Crippen LogP contribution in [0.25, 0.3) is 0 Å². The van der Waals surface area contributed by atoms with E-state index in [2.05, 4.69) is 48.5 Å². The summed E-state index contributed by atoms with van der Waals surface area (Å²) in [6.45, 7) is 9.18. The Hall–Kier alpha value is -0.380. The SMILES string of the molecule is CCC1CCC(C)N1C(C)CNCc1cccs1. The number of hydrogen-bond acceptors (Lipinski definition) is 3. The molecule has 0 radical (unpaired) electrons. The molecule has 3 heteroatoms. The summed E-state index contributed by atoms with van der Waals surface area (Å²) in [7, 11) is 0. The minimum Gasteiger partial charge on any atom is -0.310 e. The standard InChI is InChI=1S/C15H26N2S/c1-4-14-8-7-12(2)17(14)13(3)10-16-11-15-6-5-9-18-15/h5-6,9,12-14,16H,4,7-8,10-11H2,1-3H3. The van der Waals surface area contributed by atoms with Crippen LogP contribution in [0.1, 0.15) is 44.9 Å². The summed E-state index contributed by atoms with van der Waals surface area (Å²) in [5.41, 5.74) is 0. The lowest BCUT2D eigenvalue weighted by Crippen LogP contribution is -2.46. The van der Waals surface area contributed by atoms with Crippen molar-refractivity contribution in [3.8, 4) is 0 Å². The Bertz CT molecular complexity index is 336. The molecular weight excluding hydrogens is 240 g/mol. The van der Waals surface area contributed by atoms with Gasteiger partial charge in [-0.05, 0) is 44.6 Å². The highest BCUT2D eigenvalue weighted by Gasteiger charge is 2.32. The van der Waals surface area contributed by atoms with Gasteiger partial charge < -0.3 is 5.32 Å². The molecule has 1 aromatic heterocycles. The van der Waals surface area contributed by atoms with Crippen LogP contribution in [0.3, 0.4) is 0 Å². The lowest BCUT2D eigenvalue weighted by atomic mass is 10.1. The second kappa shape index (κ2) is 6.69. The van der Waals surface area contributed by atoms with Gasteiger partial charge in [0, 0.05) is 36.1 Å². The van der Waals surface area contributed by atoms with E-state index in [9.17, 15) is 0 Å². The van der Waals surface area contributed by atoms with E-state index in [1.54, 1.807) is 0 Å². The summed E-state index contributed by atoms with van der Waals surface area (Å²) in [5.74, 6) is 0. The van der Waals surface area contributed by atoms with Gasteiger partial charge in [0.1, 0.15) is 0 Å². The zero-order valence-corrected chi connectivity index (χ0v) is 12.7. The Balaban J connectivity index is 1.78. The first kappa shape index (κ1) is 14.0. The fourth-order valence-corrected chi connectivity index (χ4v) is 3.90.